The number of aliphatic hydroxyl groups excluding tert-OH is 1. The van der Waals surface area contributed by atoms with Crippen LogP contribution in [0.3, 0.4) is 0 Å². The SMILES string of the molecule is C=CCOC(=O)c1sc(N2C(=O)C(O)=C(C(=O)C=Cc3ccccc3)C2c2ccc(OCCCCC)c(OC)c2)nc1C. The highest BCUT2D eigenvalue weighted by Gasteiger charge is 2.45. The van der Waals surface area contributed by atoms with E-state index in [1.807, 2.05) is 30.3 Å². The molecule has 10 heteroatoms. The molecule has 2 aromatic carbocycles. The molecule has 0 bridgehead atoms. The summed E-state index contributed by atoms with van der Waals surface area (Å²) >= 11 is 0.934. The number of hydrogen-bond donors (Lipinski definition) is 1. The second-order valence-corrected chi connectivity index (χ2v) is 10.7. The minimum Gasteiger partial charge on any atom is -0.503 e. The average Bonchev–Trinajstić information content (AvgIpc) is 3.53. The first-order valence-electron chi connectivity index (χ1n) is 13.9. The van der Waals surface area contributed by atoms with E-state index in [0.717, 1.165) is 36.2 Å². The normalized spacial score (nSPS) is 14.8. The Morgan fingerprint density at radius 2 is 1.91 bits per heavy atom. The molecule has 0 radical (unpaired) electrons. The van der Waals surface area contributed by atoms with Crippen LogP contribution in [0.2, 0.25) is 0 Å². The van der Waals surface area contributed by atoms with Crippen LogP contribution in [0.5, 0.6) is 11.5 Å². The summed E-state index contributed by atoms with van der Waals surface area (Å²) in [6.07, 6.45) is 7.35. The van der Waals surface area contributed by atoms with Gasteiger partial charge in [0.05, 0.1) is 31.0 Å². The summed E-state index contributed by atoms with van der Waals surface area (Å²) < 4.78 is 16.7. The maximum absolute atomic E-state index is 13.6. The van der Waals surface area contributed by atoms with Crippen molar-refractivity contribution in [3.05, 3.63) is 100 Å². The molecule has 1 aliphatic heterocycles. The quantitative estimate of drug-likeness (QED) is 0.0956. The fraction of sp³-hybridized carbons (Fsp3) is 0.273. The van der Waals surface area contributed by atoms with Crippen molar-refractivity contribution in [2.45, 2.75) is 39.2 Å². The molecular weight excluding hydrogens is 568 g/mol. The summed E-state index contributed by atoms with van der Waals surface area (Å²) in [5.74, 6) is -1.77. The highest BCUT2D eigenvalue weighted by molar-refractivity contribution is 7.17. The van der Waals surface area contributed by atoms with Crippen molar-refractivity contribution in [3.8, 4) is 11.5 Å². The minimum atomic E-state index is -1.06. The zero-order chi connectivity index (χ0) is 30.9. The molecule has 1 atom stereocenters. The number of carbonyl (C=O) groups is 3. The molecule has 1 aromatic heterocycles. The molecule has 3 aromatic rings. The second kappa shape index (κ2) is 14.5. The molecule has 0 spiro atoms. The van der Waals surface area contributed by atoms with E-state index in [1.54, 1.807) is 31.2 Å². The number of nitrogens with zero attached hydrogens (tertiary/aromatic N) is 2. The van der Waals surface area contributed by atoms with E-state index in [9.17, 15) is 19.5 Å². The Labute approximate surface area is 254 Å². The number of amides is 1. The third-order valence-corrected chi connectivity index (χ3v) is 7.86. The third-order valence-electron chi connectivity index (χ3n) is 6.72. The number of benzene rings is 2. The smallest absolute Gasteiger partial charge is 0.350 e. The lowest BCUT2D eigenvalue weighted by atomic mass is 9.95. The first kappa shape index (κ1) is 31.2. The number of carbonyl (C=O) groups excluding carboxylic acids is 3. The first-order valence-corrected chi connectivity index (χ1v) is 14.7. The lowest BCUT2D eigenvalue weighted by Crippen LogP contribution is -2.30. The molecule has 9 nitrogen and oxygen atoms in total. The number of aromatic nitrogens is 1. The Bertz CT molecular complexity index is 1560. The third kappa shape index (κ3) is 7.03. The lowest BCUT2D eigenvalue weighted by Gasteiger charge is -2.25. The molecule has 2 heterocycles. The molecule has 224 valence electrons. The van der Waals surface area contributed by atoms with Gasteiger partial charge in [0.2, 0.25) is 0 Å². The predicted octanol–water partition coefficient (Wildman–Crippen LogP) is 6.55. The summed E-state index contributed by atoms with van der Waals surface area (Å²) in [7, 11) is 1.50. The highest BCUT2D eigenvalue weighted by atomic mass is 32.1. The van der Waals surface area contributed by atoms with Crippen molar-refractivity contribution in [2.75, 3.05) is 25.2 Å². The van der Waals surface area contributed by atoms with Crippen LogP contribution in [0.4, 0.5) is 5.13 Å². The Hall–Kier alpha value is -4.70. The van der Waals surface area contributed by atoms with E-state index in [2.05, 4.69) is 18.5 Å². The van der Waals surface area contributed by atoms with Crippen LogP contribution in [0.1, 0.15) is 58.7 Å². The maximum Gasteiger partial charge on any atom is 0.350 e. The summed E-state index contributed by atoms with van der Waals surface area (Å²) in [4.78, 5) is 45.7. The summed E-state index contributed by atoms with van der Waals surface area (Å²) in [5, 5.41) is 11.2. The van der Waals surface area contributed by atoms with Gasteiger partial charge >= 0.3 is 5.97 Å². The number of rotatable bonds is 14. The van der Waals surface area contributed by atoms with Crippen molar-refractivity contribution in [2.24, 2.45) is 0 Å². The summed E-state index contributed by atoms with van der Waals surface area (Å²) in [6.45, 7) is 7.80. The van der Waals surface area contributed by atoms with Crippen molar-refractivity contribution in [1.29, 1.82) is 0 Å². The molecule has 0 fully saturated rings. The molecule has 1 unspecified atom stereocenters. The van der Waals surface area contributed by atoms with Gasteiger partial charge in [0.1, 0.15) is 11.5 Å². The van der Waals surface area contributed by atoms with Gasteiger partial charge in [-0.15, -0.1) is 0 Å². The van der Waals surface area contributed by atoms with E-state index in [4.69, 9.17) is 14.2 Å². The second-order valence-electron chi connectivity index (χ2n) is 9.71. The number of anilines is 1. The van der Waals surface area contributed by atoms with Gasteiger partial charge in [-0.3, -0.25) is 14.5 Å². The van der Waals surface area contributed by atoms with Crippen LogP contribution in [-0.2, 0) is 14.3 Å². The Morgan fingerprint density at radius 1 is 1.14 bits per heavy atom. The van der Waals surface area contributed by atoms with E-state index in [-0.39, 0.29) is 22.2 Å². The van der Waals surface area contributed by atoms with E-state index in [0.29, 0.717) is 29.4 Å². The number of ether oxygens (including phenoxy) is 3. The van der Waals surface area contributed by atoms with Crippen molar-refractivity contribution in [3.63, 3.8) is 0 Å². The van der Waals surface area contributed by atoms with Gasteiger partial charge in [0.25, 0.3) is 5.91 Å². The molecule has 43 heavy (non-hydrogen) atoms. The number of hydrogen-bond acceptors (Lipinski definition) is 9. The number of methoxy groups -OCH3 is 1. The van der Waals surface area contributed by atoms with Crippen LogP contribution in [-0.4, -0.2) is 48.1 Å². The van der Waals surface area contributed by atoms with Crippen molar-refractivity contribution < 1.29 is 33.7 Å². The highest BCUT2D eigenvalue weighted by Crippen LogP contribution is 2.45. The summed E-state index contributed by atoms with van der Waals surface area (Å²) in [5.41, 5.74) is 1.48. The van der Waals surface area contributed by atoms with Crippen LogP contribution < -0.4 is 14.4 Å². The molecule has 1 aliphatic rings. The lowest BCUT2D eigenvalue weighted by molar-refractivity contribution is -0.117. The zero-order valence-electron chi connectivity index (χ0n) is 24.4. The molecule has 0 saturated carbocycles. The monoisotopic (exact) mass is 602 g/mol. The fourth-order valence-electron chi connectivity index (χ4n) is 4.58. The summed E-state index contributed by atoms with van der Waals surface area (Å²) in [6, 6.07) is 13.2. The van der Waals surface area contributed by atoms with Crippen LogP contribution >= 0.6 is 11.3 Å². The molecule has 4 rings (SSSR count). The Morgan fingerprint density at radius 3 is 2.60 bits per heavy atom. The standard InChI is InChI=1S/C33H34N2O7S/c1-5-7-11-19-41-25-17-15-23(20-26(25)40-4)28-27(24(36)16-14-22-12-9-8-10-13-22)29(37)31(38)35(28)33-34-21(3)30(43-33)32(39)42-18-6-2/h6,8-10,12-17,20,28,37H,2,5,7,11,18-19H2,1,3-4H3. The molecule has 0 aliphatic carbocycles. The number of aliphatic hydroxyl groups is 1. The molecular formula is C33H34N2O7S. The molecule has 0 saturated heterocycles. The van der Waals surface area contributed by atoms with E-state index < -0.39 is 29.5 Å². The number of aryl methyl sites for hydroxylation is 1. The zero-order valence-corrected chi connectivity index (χ0v) is 25.2. The average molecular weight is 603 g/mol. The maximum atomic E-state index is 13.6. The minimum absolute atomic E-state index is 0.0121. The predicted molar refractivity (Wildman–Crippen MR) is 166 cm³/mol. The molecule has 1 N–H and O–H groups in total. The van der Waals surface area contributed by atoms with Gasteiger partial charge in [-0.05, 0) is 42.7 Å². The van der Waals surface area contributed by atoms with Gasteiger partial charge in [0, 0.05) is 0 Å². The topological polar surface area (TPSA) is 115 Å². The fourth-order valence-corrected chi connectivity index (χ4v) is 5.57. The van der Waals surface area contributed by atoms with Gasteiger partial charge in [-0.25, -0.2) is 9.78 Å². The van der Waals surface area contributed by atoms with Crippen LogP contribution in [0, 0.1) is 6.92 Å². The Balaban J connectivity index is 1.77. The van der Waals surface area contributed by atoms with Gasteiger partial charge in [-0.1, -0.05) is 86.2 Å². The number of allylic oxidation sites excluding steroid dienone is 1. The number of thiazole rings is 1. The van der Waals surface area contributed by atoms with E-state index in [1.165, 1.54) is 24.2 Å². The Kier molecular flexibility index (Phi) is 10.5. The van der Waals surface area contributed by atoms with Crippen LogP contribution in [0.25, 0.3) is 6.08 Å². The number of ketones is 1. The van der Waals surface area contributed by atoms with E-state index >= 15 is 0 Å². The largest absolute Gasteiger partial charge is 0.503 e. The van der Waals surface area contributed by atoms with Gasteiger partial charge < -0.3 is 19.3 Å². The van der Waals surface area contributed by atoms with Crippen molar-refractivity contribution in [1.82, 2.24) is 4.98 Å². The van der Waals surface area contributed by atoms with Crippen LogP contribution in [0.15, 0.2) is 78.6 Å². The van der Waals surface area contributed by atoms with Crippen molar-refractivity contribution >= 4 is 40.2 Å². The number of unbranched alkanes of at least 4 members (excludes halogenated alkanes) is 2. The number of esters is 1. The van der Waals surface area contributed by atoms with Gasteiger partial charge in [0.15, 0.2) is 28.2 Å². The van der Waals surface area contributed by atoms with Gasteiger partial charge in [-0.2, -0.15) is 0 Å². The molecule has 1 amide bonds. The first-order chi connectivity index (χ1) is 20.8.